The van der Waals surface area contributed by atoms with Crippen molar-refractivity contribution in [3.63, 3.8) is 0 Å². The highest BCUT2D eigenvalue weighted by atomic mass is 16.2. The molecule has 2 fully saturated rings. The molecule has 25 heavy (non-hydrogen) atoms. The number of rotatable bonds is 2. The van der Waals surface area contributed by atoms with Gasteiger partial charge in [-0.2, -0.15) is 0 Å². The first kappa shape index (κ1) is 16.6. The Labute approximate surface area is 150 Å². The van der Waals surface area contributed by atoms with Gasteiger partial charge in [-0.05, 0) is 44.4 Å². The smallest absolute Gasteiger partial charge is 0.270 e. The number of aromatic amines is 1. The first-order chi connectivity index (χ1) is 12.1. The maximum Gasteiger partial charge on any atom is 0.270 e. The number of nitrogens with zero attached hydrogens (tertiary/aromatic N) is 2. The van der Waals surface area contributed by atoms with Crippen molar-refractivity contribution in [2.45, 2.75) is 52.0 Å². The Kier molecular flexibility index (Phi) is 4.55. The highest BCUT2D eigenvalue weighted by molar-refractivity contribution is 6.01. The number of carbonyl (C=O) groups excluding carboxylic acids is 1. The van der Waals surface area contributed by atoms with Crippen molar-refractivity contribution in [3.8, 4) is 0 Å². The Hall–Kier alpha value is -1.81. The van der Waals surface area contributed by atoms with E-state index in [4.69, 9.17) is 0 Å². The molecular weight excluding hydrogens is 310 g/mol. The number of hydrogen-bond donors (Lipinski definition) is 1. The Morgan fingerprint density at radius 1 is 1.04 bits per heavy atom. The van der Waals surface area contributed by atoms with E-state index in [1.54, 1.807) is 0 Å². The van der Waals surface area contributed by atoms with Crippen molar-refractivity contribution in [2.75, 3.05) is 26.2 Å². The molecule has 2 aromatic rings. The molecule has 0 bridgehead atoms. The van der Waals surface area contributed by atoms with E-state index in [0.29, 0.717) is 0 Å². The third-order valence-corrected chi connectivity index (χ3v) is 6.12. The number of H-pyrrole nitrogens is 1. The topological polar surface area (TPSA) is 39.3 Å². The molecule has 2 aliphatic rings. The number of hydrogen-bond acceptors (Lipinski definition) is 2. The van der Waals surface area contributed by atoms with Crippen LogP contribution in [0, 0.1) is 13.8 Å². The Balaban J connectivity index is 1.46. The molecule has 4 rings (SSSR count). The Morgan fingerprint density at radius 3 is 2.48 bits per heavy atom. The summed E-state index contributed by atoms with van der Waals surface area (Å²) in [6.45, 7) is 7.90. The molecule has 2 heterocycles. The van der Waals surface area contributed by atoms with Gasteiger partial charge in [-0.1, -0.05) is 30.9 Å². The molecule has 1 saturated carbocycles. The van der Waals surface area contributed by atoms with Crippen LogP contribution >= 0.6 is 0 Å². The van der Waals surface area contributed by atoms with Gasteiger partial charge < -0.3 is 9.88 Å². The van der Waals surface area contributed by atoms with Gasteiger partial charge in [0.1, 0.15) is 5.69 Å². The van der Waals surface area contributed by atoms with Crippen LogP contribution in [-0.4, -0.2) is 52.9 Å². The van der Waals surface area contributed by atoms with E-state index in [-0.39, 0.29) is 5.91 Å². The summed E-state index contributed by atoms with van der Waals surface area (Å²) in [6, 6.07) is 7.09. The fourth-order valence-electron chi connectivity index (χ4n) is 4.55. The molecular formula is C21H29N3O. The summed E-state index contributed by atoms with van der Waals surface area (Å²) >= 11 is 0. The fraction of sp³-hybridized carbons (Fsp3) is 0.571. The minimum absolute atomic E-state index is 0.162. The Morgan fingerprint density at radius 2 is 1.76 bits per heavy atom. The van der Waals surface area contributed by atoms with E-state index in [9.17, 15) is 4.79 Å². The second-order valence-corrected chi connectivity index (χ2v) is 7.79. The van der Waals surface area contributed by atoms with Gasteiger partial charge in [0.05, 0.1) is 0 Å². The molecule has 0 unspecified atom stereocenters. The maximum absolute atomic E-state index is 13.0. The van der Waals surface area contributed by atoms with Crippen molar-refractivity contribution in [1.82, 2.24) is 14.8 Å². The zero-order valence-corrected chi connectivity index (χ0v) is 15.5. The van der Waals surface area contributed by atoms with Crippen LogP contribution in [0.4, 0.5) is 0 Å². The molecule has 134 valence electrons. The summed E-state index contributed by atoms with van der Waals surface area (Å²) in [5.74, 6) is 0.162. The summed E-state index contributed by atoms with van der Waals surface area (Å²) in [6.07, 6.45) is 6.83. The van der Waals surface area contributed by atoms with Crippen LogP contribution in [0.15, 0.2) is 18.2 Å². The molecule has 1 aliphatic heterocycles. The molecule has 1 amide bonds. The van der Waals surface area contributed by atoms with Gasteiger partial charge in [0.15, 0.2) is 0 Å². The van der Waals surface area contributed by atoms with E-state index in [0.717, 1.165) is 49.0 Å². The lowest BCUT2D eigenvalue weighted by molar-refractivity contribution is 0.0518. The summed E-state index contributed by atoms with van der Waals surface area (Å²) in [7, 11) is 0. The number of benzene rings is 1. The minimum atomic E-state index is 0.162. The van der Waals surface area contributed by atoms with Gasteiger partial charge in [-0.15, -0.1) is 0 Å². The molecule has 0 radical (unpaired) electrons. The molecule has 1 saturated heterocycles. The Bertz CT molecular complexity index is 765. The highest BCUT2D eigenvalue weighted by Crippen LogP contribution is 2.26. The fourth-order valence-corrected chi connectivity index (χ4v) is 4.55. The zero-order valence-electron chi connectivity index (χ0n) is 15.5. The quantitative estimate of drug-likeness (QED) is 0.902. The number of amides is 1. The number of fused-ring (bicyclic) bond motifs is 1. The molecule has 4 nitrogen and oxygen atoms in total. The second-order valence-electron chi connectivity index (χ2n) is 7.79. The summed E-state index contributed by atoms with van der Waals surface area (Å²) in [5, 5.41) is 1.17. The van der Waals surface area contributed by atoms with Crippen LogP contribution in [0.2, 0.25) is 0 Å². The zero-order chi connectivity index (χ0) is 17.4. The summed E-state index contributed by atoms with van der Waals surface area (Å²) < 4.78 is 0. The van der Waals surface area contributed by atoms with E-state index in [2.05, 4.69) is 41.9 Å². The van der Waals surface area contributed by atoms with E-state index in [1.165, 1.54) is 43.1 Å². The molecule has 1 N–H and O–H groups in total. The standard InChI is InChI=1S/C21H29N3O/c1-15-8-9-19-18(14-15)16(2)20(22-19)21(25)24-12-10-23(11-13-24)17-6-4-3-5-7-17/h8-9,14,17,22H,3-7,10-13H2,1-2H3. The van der Waals surface area contributed by atoms with Crippen LogP contribution in [0.3, 0.4) is 0 Å². The van der Waals surface area contributed by atoms with Gasteiger partial charge in [0, 0.05) is 43.1 Å². The van der Waals surface area contributed by atoms with Crippen molar-refractivity contribution in [3.05, 3.63) is 35.0 Å². The maximum atomic E-state index is 13.0. The number of aromatic nitrogens is 1. The first-order valence-corrected chi connectivity index (χ1v) is 9.76. The van der Waals surface area contributed by atoms with E-state index >= 15 is 0 Å². The number of piperazine rings is 1. The summed E-state index contributed by atoms with van der Waals surface area (Å²) in [5.41, 5.74) is 4.15. The number of nitrogens with one attached hydrogen (secondary N) is 1. The van der Waals surface area contributed by atoms with Gasteiger partial charge in [0.25, 0.3) is 5.91 Å². The molecule has 1 aliphatic carbocycles. The van der Waals surface area contributed by atoms with Crippen LogP contribution in [-0.2, 0) is 0 Å². The lowest BCUT2D eigenvalue weighted by atomic mass is 9.94. The lowest BCUT2D eigenvalue weighted by Crippen LogP contribution is -2.52. The van der Waals surface area contributed by atoms with E-state index < -0.39 is 0 Å². The number of carbonyl (C=O) groups is 1. The van der Waals surface area contributed by atoms with Crippen LogP contribution in [0.1, 0.15) is 53.7 Å². The van der Waals surface area contributed by atoms with Gasteiger partial charge in [0.2, 0.25) is 0 Å². The molecule has 1 aromatic heterocycles. The van der Waals surface area contributed by atoms with Crippen molar-refractivity contribution in [2.24, 2.45) is 0 Å². The van der Waals surface area contributed by atoms with Gasteiger partial charge >= 0.3 is 0 Å². The summed E-state index contributed by atoms with van der Waals surface area (Å²) in [4.78, 5) is 21.0. The first-order valence-electron chi connectivity index (χ1n) is 9.76. The SMILES string of the molecule is Cc1ccc2[nH]c(C(=O)N3CCN(C4CCCCC4)CC3)c(C)c2c1. The second kappa shape index (κ2) is 6.83. The molecule has 1 aromatic carbocycles. The van der Waals surface area contributed by atoms with Crippen molar-refractivity contribution < 1.29 is 4.79 Å². The third-order valence-electron chi connectivity index (χ3n) is 6.12. The van der Waals surface area contributed by atoms with Crippen LogP contribution < -0.4 is 0 Å². The number of aryl methyl sites for hydroxylation is 2. The van der Waals surface area contributed by atoms with Crippen LogP contribution in [0.5, 0.6) is 0 Å². The molecule has 0 spiro atoms. The van der Waals surface area contributed by atoms with Crippen molar-refractivity contribution >= 4 is 16.8 Å². The molecule has 4 heteroatoms. The van der Waals surface area contributed by atoms with Crippen LogP contribution in [0.25, 0.3) is 10.9 Å². The monoisotopic (exact) mass is 339 g/mol. The minimum Gasteiger partial charge on any atom is -0.350 e. The highest BCUT2D eigenvalue weighted by Gasteiger charge is 2.28. The predicted octanol–water partition coefficient (Wildman–Crippen LogP) is 3.88. The van der Waals surface area contributed by atoms with Gasteiger partial charge in [-0.3, -0.25) is 9.69 Å². The normalized spacial score (nSPS) is 20.3. The molecule has 0 atom stereocenters. The lowest BCUT2D eigenvalue weighted by Gasteiger charge is -2.40. The average molecular weight is 339 g/mol. The average Bonchev–Trinajstić information content (AvgIpc) is 2.98. The van der Waals surface area contributed by atoms with Crippen molar-refractivity contribution in [1.29, 1.82) is 0 Å². The largest absolute Gasteiger partial charge is 0.350 e. The third kappa shape index (κ3) is 3.20. The van der Waals surface area contributed by atoms with Gasteiger partial charge in [-0.25, -0.2) is 0 Å². The van der Waals surface area contributed by atoms with E-state index in [1.807, 2.05) is 4.90 Å². The predicted molar refractivity (Wildman–Crippen MR) is 102 cm³/mol.